The molecule has 1 amide bonds. The van der Waals surface area contributed by atoms with Crippen LogP contribution in [-0.2, 0) is 11.2 Å². The molecule has 0 saturated carbocycles. The molecule has 0 aliphatic carbocycles. The summed E-state index contributed by atoms with van der Waals surface area (Å²) >= 11 is 0. The molecule has 0 spiro atoms. The molecule has 0 saturated heterocycles. The number of rotatable bonds is 4. The number of halogens is 1. The van der Waals surface area contributed by atoms with Crippen LogP contribution in [0.4, 0.5) is 4.48 Å². The fourth-order valence-corrected chi connectivity index (χ4v) is 1.22. The molecule has 5 heteroatoms. The van der Waals surface area contributed by atoms with E-state index in [9.17, 15) is 9.28 Å². The molecule has 4 nitrogen and oxygen atoms in total. The summed E-state index contributed by atoms with van der Waals surface area (Å²) in [5, 5.41) is 11.4. The number of hydrogen-bond donors (Lipinski definition) is 3. The fraction of sp³-hybridized carbons (Fsp3) is 0.300. The molecule has 0 aliphatic rings. The first-order valence-corrected chi connectivity index (χ1v) is 4.53. The molecule has 1 atom stereocenters. The lowest BCUT2D eigenvalue weighted by Gasteiger charge is -2.11. The zero-order chi connectivity index (χ0) is 11.3. The van der Waals surface area contributed by atoms with Crippen molar-refractivity contribution in [1.82, 2.24) is 10.9 Å². The number of phenols is 1. The van der Waals surface area contributed by atoms with E-state index < -0.39 is 11.9 Å². The molecule has 3 N–H and O–H groups in total. The Hall–Kier alpha value is -1.62. The van der Waals surface area contributed by atoms with Crippen molar-refractivity contribution in [3.63, 3.8) is 0 Å². The number of nitrogens with one attached hydrogen (secondary N) is 2. The molecule has 0 aliphatic heterocycles. The second-order valence-electron chi connectivity index (χ2n) is 3.15. The Labute approximate surface area is 87.0 Å². The normalized spacial score (nSPS) is 12.1. The molecule has 82 valence electrons. The summed E-state index contributed by atoms with van der Waals surface area (Å²) in [4.78, 5) is 11.2. The number of likely N-dealkylation sites (N-methyl/N-ethyl adjacent to an activating group) is 1. The van der Waals surface area contributed by atoms with Crippen molar-refractivity contribution >= 4 is 5.91 Å². The van der Waals surface area contributed by atoms with Crippen LogP contribution < -0.4 is 10.9 Å². The van der Waals surface area contributed by atoms with Crippen molar-refractivity contribution in [2.24, 2.45) is 0 Å². The third kappa shape index (κ3) is 3.21. The standard InChI is InChI=1S/C10H13FN2O2/c1-12-10(15)9(13-11)6-7-2-4-8(14)5-3-7/h2-5,9,13-14H,6H2,1H3,(H,12,15). The van der Waals surface area contributed by atoms with Crippen molar-refractivity contribution < 1.29 is 14.4 Å². The Morgan fingerprint density at radius 2 is 2.07 bits per heavy atom. The van der Waals surface area contributed by atoms with Gasteiger partial charge in [0, 0.05) is 7.05 Å². The quantitative estimate of drug-likeness (QED) is 0.638. The summed E-state index contributed by atoms with van der Waals surface area (Å²) in [6, 6.07) is 5.37. The highest BCUT2D eigenvalue weighted by Gasteiger charge is 2.16. The average molecular weight is 212 g/mol. The molecule has 1 aromatic carbocycles. The zero-order valence-corrected chi connectivity index (χ0v) is 8.33. The highest BCUT2D eigenvalue weighted by atomic mass is 19.2. The molecular formula is C10H13FN2O2. The van der Waals surface area contributed by atoms with Crippen LogP contribution in [0, 0.1) is 0 Å². The van der Waals surface area contributed by atoms with E-state index in [2.05, 4.69) is 5.32 Å². The van der Waals surface area contributed by atoms with E-state index in [1.165, 1.54) is 24.7 Å². The minimum atomic E-state index is -0.903. The van der Waals surface area contributed by atoms with E-state index >= 15 is 0 Å². The van der Waals surface area contributed by atoms with E-state index in [1.54, 1.807) is 12.1 Å². The number of aromatic hydroxyl groups is 1. The number of amides is 1. The zero-order valence-electron chi connectivity index (χ0n) is 8.33. The Morgan fingerprint density at radius 3 is 2.53 bits per heavy atom. The van der Waals surface area contributed by atoms with Gasteiger partial charge in [0.15, 0.2) is 0 Å². The maximum absolute atomic E-state index is 12.3. The summed E-state index contributed by atoms with van der Waals surface area (Å²) in [5.74, 6) is -0.269. The summed E-state index contributed by atoms with van der Waals surface area (Å²) < 4.78 is 12.3. The van der Waals surface area contributed by atoms with Gasteiger partial charge in [-0.3, -0.25) is 4.79 Å². The van der Waals surface area contributed by atoms with E-state index in [0.717, 1.165) is 5.56 Å². The number of carbonyl (C=O) groups excluding carboxylic acids is 1. The molecule has 1 unspecified atom stereocenters. The second-order valence-corrected chi connectivity index (χ2v) is 3.15. The molecule has 0 heterocycles. The Bertz CT molecular complexity index is 327. The SMILES string of the molecule is CNC(=O)C(Cc1ccc(O)cc1)NF. The molecule has 0 bridgehead atoms. The van der Waals surface area contributed by atoms with Crippen LogP contribution in [0.3, 0.4) is 0 Å². The van der Waals surface area contributed by atoms with Crippen molar-refractivity contribution in [3.8, 4) is 5.75 Å². The van der Waals surface area contributed by atoms with E-state index in [4.69, 9.17) is 5.11 Å². The van der Waals surface area contributed by atoms with Crippen LogP contribution in [-0.4, -0.2) is 24.1 Å². The first-order chi connectivity index (χ1) is 7.17. The lowest BCUT2D eigenvalue weighted by atomic mass is 10.1. The number of phenolic OH excluding ortho intramolecular Hbond substituents is 1. The van der Waals surface area contributed by atoms with Crippen molar-refractivity contribution in [1.29, 1.82) is 0 Å². The molecule has 1 rings (SSSR count). The monoisotopic (exact) mass is 212 g/mol. The van der Waals surface area contributed by atoms with E-state index in [0.29, 0.717) is 0 Å². The van der Waals surface area contributed by atoms with Gasteiger partial charge >= 0.3 is 0 Å². The topological polar surface area (TPSA) is 61.4 Å². The first kappa shape index (κ1) is 11.5. The fourth-order valence-electron chi connectivity index (χ4n) is 1.22. The largest absolute Gasteiger partial charge is 0.508 e. The van der Waals surface area contributed by atoms with Gasteiger partial charge in [-0.1, -0.05) is 12.1 Å². The second kappa shape index (κ2) is 5.31. The predicted octanol–water partition coefficient (Wildman–Crippen LogP) is 0.523. The summed E-state index contributed by atoms with van der Waals surface area (Å²) in [5.41, 5.74) is 2.21. The number of hydrogen-bond acceptors (Lipinski definition) is 3. The highest BCUT2D eigenvalue weighted by molar-refractivity contribution is 5.81. The summed E-state index contributed by atoms with van der Waals surface area (Å²) in [7, 11) is 1.45. The minimum Gasteiger partial charge on any atom is -0.508 e. The Balaban J connectivity index is 2.66. The van der Waals surface area contributed by atoms with E-state index in [1.807, 2.05) is 0 Å². The molecule has 0 aromatic heterocycles. The first-order valence-electron chi connectivity index (χ1n) is 4.53. The molecule has 0 fully saturated rings. The van der Waals surface area contributed by atoms with Gasteiger partial charge in [-0.25, -0.2) is 0 Å². The minimum absolute atomic E-state index is 0.142. The number of carbonyl (C=O) groups is 1. The third-order valence-electron chi connectivity index (χ3n) is 2.07. The van der Waals surface area contributed by atoms with Gasteiger partial charge in [0.05, 0.1) is 0 Å². The molecule has 15 heavy (non-hydrogen) atoms. The van der Waals surface area contributed by atoms with Gasteiger partial charge < -0.3 is 10.4 Å². The van der Waals surface area contributed by atoms with Crippen LogP contribution in [0.25, 0.3) is 0 Å². The highest BCUT2D eigenvalue weighted by Crippen LogP contribution is 2.11. The number of benzene rings is 1. The van der Waals surface area contributed by atoms with Crippen LogP contribution in [0.15, 0.2) is 24.3 Å². The van der Waals surface area contributed by atoms with Crippen LogP contribution in [0.5, 0.6) is 5.75 Å². The Kier molecular flexibility index (Phi) is 4.05. The molecule has 0 radical (unpaired) electrons. The van der Waals surface area contributed by atoms with Crippen LogP contribution in [0.2, 0.25) is 0 Å². The predicted molar refractivity (Wildman–Crippen MR) is 53.9 cm³/mol. The van der Waals surface area contributed by atoms with Gasteiger partial charge in [0.1, 0.15) is 11.8 Å². The Morgan fingerprint density at radius 1 is 1.47 bits per heavy atom. The van der Waals surface area contributed by atoms with Gasteiger partial charge in [0.2, 0.25) is 5.91 Å². The van der Waals surface area contributed by atoms with Crippen molar-refractivity contribution in [3.05, 3.63) is 29.8 Å². The van der Waals surface area contributed by atoms with Gasteiger partial charge in [-0.15, -0.1) is 10.0 Å². The lowest BCUT2D eigenvalue weighted by Crippen LogP contribution is -2.40. The lowest BCUT2D eigenvalue weighted by molar-refractivity contribution is -0.123. The smallest absolute Gasteiger partial charge is 0.239 e. The van der Waals surface area contributed by atoms with Gasteiger partial charge in [-0.2, -0.15) is 0 Å². The van der Waals surface area contributed by atoms with Gasteiger partial charge in [-0.05, 0) is 24.1 Å². The van der Waals surface area contributed by atoms with Crippen LogP contribution >= 0.6 is 0 Å². The maximum Gasteiger partial charge on any atom is 0.239 e. The van der Waals surface area contributed by atoms with Crippen molar-refractivity contribution in [2.45, 2.75) is 12.5 Å². The molecular weight excluding hydrogens is 199 g/mol. The third-order valence-corrected chi connectivity index (χ3v) is 2.07. The van der Waals surface area contributed by atoms with Crippen LogP contribution in [0.1, 0.15) is 5.56 Å². The average Bonchev–Trinajstić information content (AvgIpc) is 2.27. The van der Waals surface area contributed by atoms with Crippen molar-refractivity contribution in [2.75, 3.05) is 7.05 Å². The summed E-state index contributed by atoms with van der Waals surface area (Å²) in [6.45, 7) is 0. The van der Waals surface area contributed by atoms with E-state index in [-0.39, 0.29) is 12.2 Å². The summed E-state index contributed by atoms with van der Waals surface area (Å²) in [6.07, 6.45) is 0.233. The van der Waals surface area contributed by atoms with Gasteiger partial charge in [0.25, 0.3) is 0 Å². The maximum atomic E-state index is 12.3. The molecule has 1 aromatic rings.